The molecule has 4 aromatic rings. The Kier molecular flexibility index (Phi) is 13.9. The zero-order valence-corrected chi connectivity index (χ0v) is 25.6. The summed E-state index contributed by atoms with van der Waals surface area (Å²) in [6, 6.07) is 38.4. The Labute approximate surface area is 262 Å². The summed E-state index contributed by atoms with van der Waals surface area (Å²) in [5.41, 5.74) is 4.31. The highest BCUT2D eigenvalue weighted by Gasteiger charge is 2.36. The molecule has 0 unspecified atom stereocenters. The topological polar surface area (TPSA) is 46.2 Å². The largest absolute Gasteiger partial charge is 0.497 e. The molecule has 0 aliphatic heterocycles. The molecule has 5 heteroatoms. The van der Waals surface area contributed by atoms with Crippen LogP contribution >= 0.6 is 0 Å². The fraction of sp³-hybridized carbons (Fsp3) is 0.282. The van der Waals surface area contributed by atoms with Gasteiger partial charge in [0.25, 0.3) is 0 Å². The monoisotopic (exact) mass is 592 g/mol. The Balaban J connectivity index is 1.60. The maximum atomic E-state index is 6.74. The number of hydrogen-bond donors (Lipinski definition) is 0. The van der Waals surface area contributed by atoms with Crippen molar-refractivity contribution in [2.75, 3.05) is 13.7 Å². The van der Waals surface area contributed by atoms with Gasteiger partial charge >= 0.3 is 0 Å². The molecule has 44 heavy (non-hydrogen) atoms. The van der Waals surface area contributed by atoms with Crippen LogP contribution in [0.3, 0.4) is 0 Å². The van der Waals surface area contributed by atoms with Gasteiger partial charge < -0.3 is 23.7 Å². The van der Waals surface area contributed by atoms with Gasteiger partial charge in [0.1, 0.15) is 11.9 Å². The molecular weight excluding hydrogens is 548 g/mol. The zero-order chi connectivity index (χ0) is 30.8. The van der Waals surface area contributed by atoms with Gasteiger partial charge in [-0.05, 0) is 40.8 Å². The first-order valence-corrected chi connectivity index (χ1v) is 15.1. The average Bonchev–Trinajstić information content (AvgIpc) is 3.08. The molecule has 4 atom stereocenters. The highest BCUT2D eigenvalue weighted by atomic mass is 16.5. The van der Waals surface area contributed by atoms with E-state index in [-0.39, 0.29) is 12.0 Å². The molecule has 4 aromatic carbocycles. The number of methoxy groups -OCH3 is 1. The fourth-order valence-corrected chi connectivity index (χ4v) is 5.05. The smallest absolute Gasteiger partial charge is 0.118 e. The van der Waals surface area contributed by atoms with Crippen LogP contribution in [0.4, 0.5) is 0 Å². The number of ether oxygens (including phenoxy) is 5. The van der Waals surface area contributed by atoms with E-state index in [0.717, 1.165) is 28.0 Å². The van der Waals surface area contributed by atoms with Crippen molar-refractivity contribution in [2.24, 2.45) is 5.92 Å². The standard InChI is InChI=1S/C39H44O5/c1-4-15-38(43-28-34-22-24-35(40-3)25-23-34)36(30-41-26-31-16-9-6-10-17-31)39(44-29-33-20-13-8-14-21-33)37(5-2)42-27-32-18-11-7-12-19-32/h4-14,16-25,36-39H,1-2,15,26-30H2,3H3/t36-,37+,38+,39+/m0/s1. The van der Waals surface area contributed by atoms with Crippen LogP contribution in [0.2, 0.25) is 0 Å². The van der Waals surface area contributed by atoms with E-state index in [0.29, 0.717) is 39.5 Å². The molecule has 0 aliphatic carbocycles. The minimum atomic E-state index is -0.416. The number of hydrogen-bond acceptors (Lipinski definition) is 5. The van der Waals surface area contributed by atoms with E-state index >= 15 is 0 Å². The molecular formula is C39H44O5. The molecule has 5 nitrogen and oxygen atoms in total. The molecule has 0 aromatic heterocycles. The second-order valence-electron chi connectivity index (χ2n) is 10.6. The summed E-state index contributed by atoms with van der Waals surface area (Å²) in [6.45, 7) is 10.4. The first-order chi connectivity index (χ1) is 21.7. The van der Waals surface area contributed by atoms with E-state index in [1.54, 1.807) is 7.11 Å². The highest BCUT2D eigenvalue weighted by molar-refractivity contribution is 5.26. The van der Waals surface area contributed by atoms with Crippen molar-refractivity contribution >= 4 is 0 Å². The molecule has 0 saturated carbocycles. The number of benzene rings is 4. The van der Waals surface area contributed by atoms with Gasteiger partial charge in [0.05, 0.1) is 52.4 Å². The SMILES string of the molecule is C=CC[C@@H](OCc1ccc(OC)cc1)[C@H](COCc1ccccc1)[C@@H](OCc1ccccc1)[C@@H](C=C)OCc1ccccc1. The third-order valence-corrected chi connectivity index (χ3v) is 7.47. The van der Waals surface area contributed by atoms with Crippen molar-refractivity contribution in [1.82, 2.24) is 0 Å². The van der Waals surface area contributed by atoms with Gasteiger partial charge in [-0.1, -0.05) is 115 Å². The van der Waals surface area contributed by atoms with Gasteiger partial charge in [-0.25, -0.2) is 0 Å². The molecule has 0 spiro atoms. The van der Waals surface area contributed by atoms with E-state index < -0.39 is 12.2 Å². The minimum Gasteiger partial charge on any atom is -0.497 e. The van der Waals surface area contributed by atoms with Crippen LogP contribution in [0.5, 0.6) is 5.75 Å². The maximum absolute atomic E-state index is 6.74. The number of rotatable bonds is 20. The molecule has 0 N–H and O–H groups in total. The third kappa shape index (κ3) is 10.6. The van der Waals surface area contributed by atoms with Gasteiger partial charge in [-0.3, -0.25) is 0 Å². The lowest BCUT2D eigenvalue weighted by Gasteiger charge is -2.36. The van der Waals surface area contributed by atoms with E-state index in [1.165, 1.54) is 0 Å². The van der Waals surface area contributed by atoms with Gasteiger partial charge in [-0.2, -0.15) is 0 Å². The van der Waals surface area contributed by atoms with Crippen molar-refractivity contribution in [3.63, 3.8) is 0 Å². The van der Waals surface area contributed by atoms with Crippen LogP contribution < -0.4 is 4.74 Å². The zero-order valence-electron chi connectivity index (χ0n) is 25.6. The molecule has 0 heterocycles. The maximum Gasteiger partial charge on any atom is 0.118 e. The summed E-state index contributed by atoms with van der Waals surface area (Å²) in [5, 5.41) is 0. The molecule has 0 amide bonds. The Morgan fingerprint density at radius 2 is 1.09 bits per heavy atom. The first kappa shape index (κ1) is 32.9. The van der Waals surface area contributed by atoms with E-state index in [4.69, 9.17) is 23.7 Å². The molecule has 230 valence electrons. The summed E-state index contributed by atoms with van der Waals surface area (Å²) < 4.78 is 31.6. The lowest BCUT2D eigenvalue weighted by Crippen LogP contribution is -2.45. The molecule has 4 rings (SSSR count). The molecule has 0 aliphatic rings. The van der Waals surface area contributed by atoms with Crippen molar-refractivity contribution in [2.45, 2.75) is 51.2 Å². The minimum absolute atomic E-state index is 0.197. The Morgan fingerprint density at radius 3 is 1.61 bits per heavy atom. The van der Waals surface area contributed by atoms with Crippen molar-refractivity contribution in [3.05, 3.63) is 163 Å². The molecule has 0 bridgehead atoms. The predicted molar refractivity (Wildman–Crippen MR) is 176 cm³/mol. The van der Waals surface area contributed by atoms with Crippen LogP contribution in [-0.4, -0.2) is 32.0 Å². The third-order valence-electron chi connectivity index (χ3n) is 7.47. The quantitative estimate of drug-likeness (QED) is 0.0966. The van der Waals surface area contributed by atoms with E-state index in [1.807, 2.05) is 91.0 Å². The Bertz CT molecular complexity index is 1340. The van der Waals surface area contributed by atoms with Crippen LogP contribution in [0.1, 0.15) is 28.7 Å². The summed E-state index contributed by atoms with van der Waals surface area (Å²) >= 11 is 0. The highest BCUT2D eigenvalue weighted by Crippen LogP contribution is 2.28. The van der Waals surface area contributed by atoms with Crippen molar-refractivity contribution in [1.29, 1.82) is 0 Å². The van der Waals surface area contributed by atoms with Crippen LogP contribution in [0.15, 0.2) is 141 Å². The predicted octanol–water partition coefficient (Wildman–Crippen LogP) is 8.35. The normalized spacial score (nSPS) is 13.8. The van der Waals surface area contributed by atoms with Gasteiger partial charge in [0.15, 0.2) is 0 Å². The Hall–Kier alpha value is -4.00. The summed E-state index contributed by atoms with van der Waals surface area (Å²) in [5.74, 6) is 0.611. The Morgan fingerprint density at radius 1 is 0.591 bits per heavy atom. The van der Waals surface area contributed by atoms with Gasteiger partial charge in [0.2, 0.25) is 0 Å². The first-order valence-electron chi connectivity index (χ1n) is 15.1. The summed E-state index contributed by atoms with van der Waals surface area (Å²) in [7, 11) is 1.66. The molecule has 0 saturated heterocycles. The molecule has 0 fully saturated rings. The van der Waals surface area contributed by atoms with E-state index in [9.17, 15) is 0 Å². The van der Waals surface area contributed by atoms with Crippen molar-refractivity contribution < 1.29 is 23.7 Å². The lowest BCUT2D eigenvalue weighted by atomic mass is 9.90. The summed E-state index contributed by atoms with van der Waals surface area (Å²) in [6.07, 6.45) is 3.26. The van der Waals surface area contributed by atoms with Gasteiger partial charge in [0, 0.05) is 5.92 Å². The van der Waals surface area contributed by atoms with Crippen LogP contribution in [0, 0.1) is 5.92 Å². The molecule has 0 radical (unpaired) electrons. The van der Waals surface area contributed by atoms with Crippen LogP contribution in [0.25, 0.3) is 0 Å². The second kappa shape index (κ2) is 18.6. The van der Waals surface area contributed by atoms with E-state index in [2.05, 4.69) is 49.6 Å². The van der Waals surface area contributed by atoms with Gasteiger partial charge in [-0.15, -0.1) is 13.2 Å². The van der Waals surface area contributed by atoms with Crippen LogP contribution in [-0.2, 0) is 45.4 Å². The lowest BCUT2D eigenvalue weighted by molar-refractivity contribution is -0.143. The van der Waals surface area contributed by atoms with Crippen molar-refractivity contribution in [3.8, 4) is 5.75 Å². The fourth-order valence-electron chi connectivity index (χ4n) is 5.05. The second-order valence-corrected chi connectivity index (χ2v) is 10.6. The average molecular weight is 593 g/mol. The summed E-state index contributed by atoms with van der Waals surface area (Å²) in [4.78, 5) is 0.